The number of rotatable bonds is 5. The normalized spacial score (nSPS) is 23.3. The van der Waals surface area contributed by atoms with E-state index in [-0.39, 0.29) is 12.5 Å². The van der Waals surface area contributed by atoms with Gasteiger partial charge in [0.05, 0.1) is 0 Å². The third kappa shape index (κ3) is 3.80. The van der Waals surface area contributed by atoms with Gasteiger partial charge in [0.2, 0.25) is 5.91 Å². The van der Waals surface area contributed by atoms with Crippen molar-refractivity contribution in [2.75, 3.05) is 13.7 Å². The second-order valence-electron chi connectivity index (χ2n) is 5.36. The van der Waals surface area contributed by atoms with Crippen LogP contribution in [0, 0.1) is 5.92 Å². The quantitative estimate of drug-likeness (QED) is 0.885. The van der Waals surface area contributed by atoms with Gasteiger partial charge in [0, 0.05) is 25.5 Å². The van der Waals surface area contributed by atoms with Gasteiger partial charge in [-0.2, -0.15) is 0 Å². The number of aromatic nitrogens is 2. The molecule has 0 radical (unpaired) electrons. The number of amides is 1. The van der Waals surface area contributed by atoms with Crippen LogP contribution in [0.15, 0.2) is 12.4 Å². The Hall–Kier alpha value is -1.36. The van der Waals surface area contributed by atoms with Crippen molar-refractivity contribution < 1.29 is 9.53 Å². The van der Waals surface area contributed by atoms with Gasteiger partial charge in [-0.3, -0.25) is 4.79 Å². The van der Waals surface area contributed by atoms with E-state index in [0.717, 1.165) is 12.2 Å². The Bertz CT molecular complexity index is 391. The largest absolute Gasteiger partial charge is 0.364 e. The minimum absolute atomic E-state index is 0.0605. The molecule has 19 heavy (non-hydrogen) atoms. The molecule has 0 spiro atoms. The molecule has 1 saturated carbocycles. The third-order valence-electron chi connectivity index (χ3n) is 3.98. The van der Waals surface area contributed by atoms with Crippen LogP contribution < -0.4 is 0 Å². The summed E-state index contributed by atoms with van der Waals surface area (Å²) in [6.45, 7) is 2.71. The van der Waals surface area contributed by atoms with Gasteiger partial charge < -0.3 is 14.6 Å². The van der Waals surface area contributed by atoms with Crippen molar-refractivity contribution in [1.29, 1.82) is 0 Å². The maximum Gasteiger partial charge on any atom is 0.248 e. The molecule has 2 rings (SSSR count). The Morgan fingerprint density at radius 3 is 3.00 bits per heavy atom. The molecule has 1 N–H and O–H groups in total. The monoisotopic (exact) mass is 265 g/mol. The number of ether oxygens (including phenoxy) is 1. The maximum atomic E-state index is 12.1. The van der Waals surface area contributed by atoms with Crippen molar-refractivity contribution in [3.8, 4) is 0 Å². The topological polar surface area (TPSA) is 58.2 Å². The molecule has 1 aromatic heterocycles. The van der Waals surface area contributed by atoms with Gasteiger partial charge in [-0.1, -0.05) is 19.8 Å². The summed E-state index contributed by atoms with van der Waals surface area (Å²) in [4.78, 5) is 21.0. The number of H-pyrrole nitrogens is 1. The van der Waals surface area contributed by atoms with E-state index in [2.05, 4.69) is 16.9 Å². The molecule has 1 heterocycles. The number of hydrogen-bond acceptors (Lipinski definition) is 3. The predicted octanol–water partition coefficient (Wildman–Crippen LogP) is 1.96. The number of hydrogen-bond donors (Lipinski definition) is 1. The summed E-state index contributed by atoms with van der Waals surface area (Å²) in [6, 6.07) is 0.369. The lowest BCUT2D eigenvalue weighted by atomic mass is 9.85. The number of imidazole rings is 1. The number of nitrogens with zero attached hydrogens (tertiary/aromatic N) is 2. The first-order valence-corrected chi connectivity index (χ1v) is 7.00. The van der Waals surface area contributed by atoms with Crippen molar-refractivity contribution in [3.05, 3.63) is 18.2 Å². The second kappa shape index (κ2) is 6.70. The summed E-state index contributed by atoms with van der Waals surface area (Å²) >= 11 is 0. The number of likely N-dealkylation sites (N-methyl/N-ethyl adjacent to an activating group) is 1. The van der Waals surface area contributed by atoms with Gasteiger partial charge in [-0.15, -0.1) is 0 Å². The Morgan fingerprint density at radius 1 is 1.53 bits per heavy atom. The fourth-order valence-electron chi connectivity index (χ4n) is 2.77. The van der Waals surface area contributed by atoms with Crippen molar-refractivity contribution in [2.24, 2.45) is 5.92 Å². The molecular formula is C14H23N3O2. The van der Waals surface area contributed by atoms with Gasteiger partial charge in [0.15, 0.2) is 0 Å². The Morgan fingerprint density at radius 2 is 2.32 bits per heavy atom. The van der Waals surface area contributed by atoms with E-state index >= 15 is 0 Å². The molecule has 1 fully saturated rings. The highest BCUT2D eigenvalue weighted by atomic mass is 16.5. The zero-order valence-electron chi connectivity index (χ0n) is 11.8. The van der Waals surface area contributed by atoms with E-state index in [1.807, 2.05) is 11.9 Å². The summed E-state index contributed by atoms with van der Waals surface area (Å²) < 4.78 is 5.40. The summed E-state index contributed by atoms with van der Waals surface area (Å²) in [5.74, 6) is 1.40. The second-order valence-corrected chi connectivity index (χ2v) is 5.36. The average Bonchev–Trinajstić information content (AvgIpc) is 2.91. The van der Waals surface area contributed by atoms with E-state index in [9.17, 15) is 4.79 Å². The zero-order valence-corrected chi connectivity index (χ0v) is 11.8. The van der Waals surface area contributed by atoms with Gasteiger partial charge in [-0.25, -0.2) is 4.98 Å². The van der Waals surface area contributed by atoms with Crippen molar-refractivity contribution >= 4 is 5.91 Å². The molecule has 1 aliphatic carbocycles. The van der Waals surface area contributed by atoms with Crippen LogP contribution >= 0.6 is 0 Å². The molecule has 0 unspecified atom stereocenters. The van der Waals surface area contributed by atoms with Crippen LogP contribution in [0.5, 0.6) is 0 Å². The maximum absolute atomic E-state index is 12.1. The molecule has 5 heteroatoms. The Labute approximate surface area is 114 Å². The number of carbonyl (C=O) groups excluding carboxylic acids is 1. The highest BCUT2D eigenvalue weighted by Gasteiger charge is 2.27. The standard InChI is InChI=1S/C14H23N3O2/c1-11-5-3-4-6-12(11)17(2)14(18)10-19-9-13-15-7-8-16-13/h7-8,11-12H,3-6,9-10H2,1-2H3,(H,15,16)/t11-,12+/m1/s1. The molecule has 0 saturated heterocycles. The van der Waals surface area contributed by atoms with Crippen LogP contribution in [0.3, 0.4) is 0 Å². The van der Waals surface area contributed by atoms with Crippen LogP contribution in [0.4, 0.5) is 0 Å². The first kappa shape index (κ1) is 14.1. The van der Waals surface area contributed by atoms with Crippen molar-refractivity contribution in [2.45, 2.75) is 45.3 Å². The molecule has 0 aromatic carbocycles. The van der Waals surface area contributed by atoms with Crippen LogP contribution in [0.25, 0.3) is 0 Å². The lowest BCUT2D eigenvalue weighted by molar-refractivity contribution is -0.139. The van der Waals surface area contributed by atoms with Gasteiger partial charge in [0.1, 0.15) is 19.0 Å². The molecular weight excluding hydrogens is 242 g/mol. The average molecular weight is 265 g/mol. The summed E-state index contributed by atoms with van der Waals surface area (Å²) in [7, 11) is 1.89. The molecule has 1 amide bonds. The zero-order chi connectivity index (χ0) is 13.7. The van der Waals surface area contributed by atoms with E-state index in [0.29, 0.717) is 18.6 Å². The lowest BCUT2D eigenvalue weighted by Crippen LogP contribution is -2.44. The van der Waals surface area contributed by atoms with E-state index in [4.69, 9.17) is 4.74 Å². The molecule has 1 aromatic rings. The molecule has 0 bridgehead atoms. The highest BCUT2D eigenvalue weighted by molar-refractivity contribution is 5.77. The van der Waals surface area contributed by atoms with Crippen LogP contribution in [0.1, 0.15) is 38.4 Å². The Kier molecular flexibility index (Phi) is 4.96. The van der Waals surface area contributed by atoms with E-state index in [1.165, 1.54) is 19.3 Å². The third-order valence-corrected chi connectivity index (χ3v) is 3.98. The predicted molar refractivity (Wildman–Crippen MR) is 72.4 cm³/mol. The van der Waals surface area contributed by atoms with Crippen LogP contribution in [0.2, 0.25) is 0 Å². The minimum atomic E-state index is 0.0605. The SMILES string of the molecule is C[C@@H]1CCCC[C@@H]1N(C)C(=O)COCc1ncc[nH]1. The number of aromatic amines is 1. The molecule has 106 valence electrons. The summed E-state index contributed by atoms with van der Waals surface area (Å²) in [5.41, 5.74) is 0. The highest BCUT2D eigenvalue weighted by Crippen LogP contribution is 2.27. The van der Waals surface area contributed by atoms with Gasteiger partial charge >= 0.3 is 0 Å². The van der Waals surface area contributed by atoms with Gasteiger partial charge in [-0.05, 0) is 18.8 Å². The van der Waals surface area contributed by atoms with Crippen LogP contribution in [-0.2, 0) is 16.1 Å². The molecule has 0 aliphatic heterocycles. The summed E-state index contributed by atoms with van der Waals surface area (Å²) in [5, 5.41) is 0. The fraction of sp³-hybridized carbons (Fsp3) is 0.714. The van der Waals surface area contributed by atoms with Gasteiger partial charge in [0.25, 0.3) is 0 Å². The first-order valence-electron chi connectivity index (χ1n) is 7.00. The smallest absolute Gasteiger partial charge is 0.248 e. The molecule has 5 nitrogen and oxygen atoms in total. The van der Waals surface area contributed by atoms with Crippen LogP contribution in [-0.4, -0.2) is 40.5 Å². The van der Waals surface area contributed by atoms with Crippen molar-refractivity contribution in [3.63, 3.8) is 0 Å². The molecule has 1 aliphatic rings. The summed E-state index contributed by atoms with van der Waals surface area (Å²) in [6.07, 6.45) is 8.26. The minimum Gasteiger partial charge on any atom is -0.364 e. The fourth-order valence-corrected chi connectivity index (χ4v) is 2.77. The van der Waals surface area contributed by atoms with E-state index < -0.39 is 0 Å². The number of carbonyl (C=O) groups is 1. The number of nitrogens with one attached hydrogen (secondary N) is 1. The van der Waals surface area contributed by atoms with E-state index in [1.54, 1.807) is 12.4 Å². The Balaban J connectivity index is 1.75. The lowest BCUT2D eigenvalue weighted by Gasteiger charge is -2.36. The van der Waals surface area contributed by atoms with Crippen molar-refractivity contribution in [1.82, 2.24) is 14.9 Å². The first-order chi connectivity index (χ1) is 9.18. The molecule has 2 atom stereocenters.